The Balaban J connectivity index is 1.47. The number of carbonyl (C=O) groups excluding carboxylic acids is 2. The van der Waals surface area contributed by atoms with Crippen molar-refractivity contribution in [2.75, 3.05) is 35.3 Å². The number of hydrogen-bond acceptors (Lipinski definition) is 4. The number of benzene rings is 2. The molecule has 146 valence electrons. The quantitative estimate of drug-likeness (QED) is 0.884. The standard InChI is InChI=1S/C22H25N3O3/c1-15-22(27)24(2)19-14-17(8-11-20(19)28-15)23-21(26)16-6-9-18(10-7-16)25-12-4-3-5-13-25/h6-11,14-15H,3-5,12-13H2,1-2H3,(H,23,26). The van der Waals surface area contributed by atoms with Crippen molar-refractivity contribution in [1.29, 1.82) is 0 Å². The molecule has 1 unspecified atom stereocenters. The minimum absolute atomic E-state index is 0.107. The van der Waals surface area contributed by atoms with Crippen LogP contribution in [0.2, 0.25) is 0 Å². The number of amides is 2. The molecule has 0 bridgehead atoms. The smallest absolute Gasteiger partial charge is 0.267 e. The van der Waals surface area contributed by atoms with Crippen molar-refractivity contribution in [2.45, 2.75) is 32.3 Å². The zero-order chi connectivity index (χ0) is 19.7. The number of nitrogens with one attached hydrogen (secondary N) is 1. The molecule has 2 aromatic carbocycles. The molecule has 2 aromatic rings. The van der Waals surface area contributed by atoms with Gasteiger partial charge in [0.15, 0.2) is 6.10 Å². The van der Waals surface area contributed by atoms with Crippen molar-refractivity contribution < 1.29 is 14.3 Å². The molecular weight excluding hydrogens is 354 g/mol. The van der Waals surface area contributed by atoms with Gasteiger partial charge in [0.25, 0.3) is 11.8 Å². The minimum atomic E-state index is -0.503. The molecule has 0 spiro atoms. The van der Waals surface area contributed by atoms with Gasteiger partial charge in [0.05, 0.1) is 5.69 Å². The molecule has 2 aliphatic rings. The molecule has 0 aliphatic carbocycles. The molecule has 6 heteroatoms. The molecule has 2 heterocycles. The highest BCUT2D eigenvalue weighted by Crippen LogP contribution is 2.35. The van der Waals surface area contributed by atoms with Crippen LogP contribution in [-0.4, -0.2) is 38.1 Å². The molecule has 4 rings (SSSR count). The summed E-state index contributed by atoms with van der Waals surface area (Å²) >= 11 is 0. The Hall–Kier alpha value is -3.02. The van der Waals surface area contributed by atoms with Gasteiger partial charge in [0.1, 0.15) is 5.75 Å². The van der Waals surface area contributed by atoms with Gasteiger partial charge < -0.3 is 19.9 Å². The van der Waals surface area contributed by atoms with Crippen LogP contribution in [0, 0.1) is 0 Å². The second-order valence-corrected chi connectivity index (χ2v) is 7.39. The number of hydrogen-bond donors (Lipinski definition) is 1. The maximum absolute atomic E-state index is 12.6. The third kappa shape index (κ3) is 3.54. The van der Waals surface area contributed by atoms with Gasteiger partial charge >= 0.3 is 0 Å². The number of fused-ring (bicyclic) bond motifs is 1. The number of carbonyl (C=O) groups is 2. The number of piperidine rings is 1. The normalized spacial score (nSPS) is 19.1. The van der Waals surface area contributed by atoms with E-state index in [1.807, 2.05) is 24.3 Å². The monoisotopic (exact) mass is 379 g/mol. The van der Waals surface area contributed by atoms with E-state index in [0.29, 0.717) is 22.7 Å². The maximum atomic E-state index is 12.6. The lowest BCUT2D eigenvalue weighted by Crippen LogP contribution is -2.41. The second kappa shape index (κ2) is 7.54. The van der Waals surface area contributed by atoms with E-state index in [9.17, 15) is 9.59 Å². The largest absolute Gasteiger partial charge is 0.479 e. The van der Waals surface area contributed by atoms with Gasteiger partial charge in [-0.05, 0) is 68.7 Å². The molecule has 0 aromatic heterocycles. The topological polar surface area (TPSA) is 61.9 Å². The first kappa shape index (κ1) is 18.3. The Morgan fingerprint density at radius 1 is 1.07 bits per heavy atom. The molecule has 28 heavy (non-hydrogen) atoms. The number of ether oxygens (including phenoxy) is 1. The molecule has 1 fully saturated rings. The highest BCUT2D eigenvalue weighted by Gasteiger charge is 2.29. The Kier molecular flexibility index (Phi) is 4.94. The van der Waals surface area contributed by atoms with Crippen LogP contribution in [0.15, 0.2) is 42.5 Å². The third-order valence-electron chi connectivity index (χ3n) is 5.41. The molecule has 2 amide bonds. The van der Waals surface area contributed by atoms with Crippen molar-refractivity contribution >= 4 is 28.9 Å². The van der Waals surface area contributed by atoms with Crippen molar-refractivity contribution in [2.24, 2.45) is 0 Å². The highest BCUT2D eigenvalue weighted by atomic mass is 16.5. The number of anilines is 3. The molecule has 0 saturated carbocycles. The first-order chi connectivity index (χ1) is 13.5. The van der Waals surface area contributed by atoms with Crippen LogP contribution in [0.25, 0.3) is 0 Å². The van der Waals surface area contributed by atoms with Gasteiger partial charge in [0, 0.05) is 37.1 Å². The summed E-state index contributed by atoms with van der Waals surface area (Å²) in [6, 6.07) is 13.1. The van der Waals surface area contributed by atoms with Crippen LogP contribution >= 0.6 is 0 Å². The van der Waals surface area contributed by atoms with Crippen LogP contribution in [0.5, 0.6) is 5.75 Å². The zero-order valence-corrected chi connectivity index (χ0v) is 16.3. The summed E-state index contributed by atoms with van der Waals surface area (Å²) < 4.78 is 5.62. The summed E-state index contributed by atoms with van der Waals surface area (Å²) in [6.45, 7) is 3.88. The van der Waals surface area contributed by atoms with E-state index in [4.69, 9.17) is 4.74 Å². The second-order valence-electron chi connectivity index (χ2n) is 7.39. The van der Waals surface area contributed by atoms with E-state index in [2.05, 4.69) is 10.2 Å². The van der Waals surface area contributed by atoms with Crippen LogP contribution in [-0.2, 0) is 4.79 Å². The maximum Gasteiger partial charge on any atom is 0.267 e. The lowest BCUT2D eigenvalue weighted by molar-refractivity contribution is -0.125. The zero-order valence-electron chi connectivity index (χ0n) is 16.3. The van der Waals surface area contributed by atoms with Gasteiger partial charge in [-0.25, -0.2) is 0 Å². The molecule has 6 nitrogen and oxygen atoms in total. The Morgan fingerprint density at radius 3 is 2.50 bits per heavy atom. The molecule has 2 aliphatic heterocycles. The number of rotatable bonds is 3. The number of nitrogens with zero attached hydrogens (tertiary/aromatic N) is 2. The van der Waals surface area contributed by atoms with Gasteiger partial charge in [0.2, 0.25) is 0 Å². The average Bonchev–Trinajstić information content (AvgIpc) is 2.73. The van der Waals surface area contributed by atoms with Gasteiger partial charge in [-0.1, -0.05) is 0 Å². The molecule has 0 radical (unpaired) electrons. The molecule has 1 saturated heterocycles. The third-order valence-corrected chi connectivity index (χ3v) is 5.41. The summed E-state index contributed by atoms with van der Waals surface area (Å²) in [6.07, 6.45) is 3.24. The summed E-state index contributed by atoms with van der Waals surface area (Å²) in [4.78, 5) is 28.7. The fourth-order valence-electron chi connectivity index (χ4n) is 3.77. The highest BCUT2D eigenvalue weighted by molar-refractivity contribution is 6.05. The average molecular weight is 379 g/mol. The SMILES string of the molecule is CC1Oc2ccc(NC(=O)c3ccc(N4CCCCC4)cc3)cc2N(C)C1=O. The minimum Gasteiger partial charge on any atom is -0.479 e. The fraction of sp³-hybridized carbons (Fsp3) is 0.364. The Morgan fingerprint density at radius 2 is 1.79 bits per heavy atom. The van der Waals surface area contributed by atoms with Crippen molar-refractivity contribution in [1.82, 2.24) is 0 Å². The summed E-state index contributed by atoms with van der Waals surface area (Å²) in [5.41, 5.74) is 3.05. The summed E-state index contributed by atoms with van der Waals surface area (Å²) in [5, 5.41) is 2.91. The summed E-state index contributed by atoms with van der Waals surface area (Å²) in [5.74, 6) is 0.354. The van der Waals surface area contributed by atoms with Gasteiger partial charge in [-0.15, -0.1) is 0 Å². The van der Waals surface area contributed by atoms with Gasteiger partial charge in [-0.2, -0.15) is 0 Å². The molecular formula is C22H25N3O3. The summed E-state index contributed by atoms with van der Waals surface area (Å²) in [7, 11) is 1.71. The van der Waals surface area contributed by atoms with E-state index in [1.54, 1.807) is 37.1 Å². The van der Waals surface area contributed by atoms with Crippen LogP contribution in [0.1, 0.15) is 36.5 Å². The van der Waals surface area contributed by atoms with Crippen molar-refractivity contribution in [3.63, 3.8) is 0 Å². The van der Waals surface area contributed by atoms with Gasteiger partial charge in [-0.3, -0.25) is 9.59 Å². The predicted molar refractivity (Wildman–Crippen MR) is 110 cm³/mol. The van der Waals surface area contributed by atoms with Crippen molar-refractivity contribution in [3.05, 3.63) is 48.0 Å². The van der Waals surface area contributed by atoms with Crippen LogP contribution in [0.3, 0.4) is 0 Å². The first-order valence-corrected chi connectivity index (χ1v) is 9.77. The van der Waals surface area contributed by atoms with E-state index in [-0.39, 0.29) is 11.8 Å². The fourth-order valence-corrected chi connectivity index (χ4v) is 3.77. The van der Waals surface area contributed by atoms with E-state index < -0.39 is 6.10 Å². The molecule has 1 N–H and O–H groups in total. The van der Waals surface area contributed by atoms with Crippen LogP contribution < -0.4 is 19.9 Å². The van der Waals surface area contributed by atoms with E-state index in [0.717, 1.165) is 18.8 Å². The number of likely N-dealkylation sites (N-methyl/N-ethyl adjacent to an activating group) is 1. The lowest BCUT2D eigenvalue weighted by Gasteiger charge is -2.30. The molecule has 1 atom stereocenters. The van der Waals surface area contributed by atoms with Crippen molar-refractivity contribution in [3.8, 4) is 5.75 Å². The van der Waals surface area contributed by atoms with E-state index >= 15 is 0 Å². The Bertz CT molecular complexity index is 888. The van der Waals surface area contributed by atoms with E-state index in [1.165, 1.54) is 19.3 Å². The first-order valence-electron chi connectivity index (χ1n) is 9.77. The Labute approximate surface area is 165 Å². The van der Waals surface area contributed by atoms with Crippen LogP contribution in [0.4, 0.5) is 17.1 Å². The lowest BCUT2D eigenvalue weighted by atomic mass is 10.1. The predicted octanol–water partition coefficient (Wildman–Crippen LogP) is 3.67.